The molecular formula is C14H18N2OS. The molecule has 0 atom stereocenters. The Morgan fingerprint density at radius 1 is 1.39 bits per heavy atom. The van der Waals surface area contributed by atoms with Crippen LogP contribution in [0.25, 0.3) is 0 Å². The molecule has 0 radical (unpaired) electrons. The fourth-order valence-corrected chi connectivity index (χ4v) is 2.12. The zero-order chi connectivity index (χ0) is 13.4. The average molecular weight is 262 g/mol. The van der Waals surface area contributed by atoms with Gasteiger partial charge in [-0.25, -0.2) is 0 Å². The summed E-state index contributed by atoms with van der Waals surface area (Å²) in [5.41, 5.74) is 1.80. The van der Waals surface area contributed by atoms with Crippen LogP contribution in [0.3, 0.4) is 0 Å². The summed E-state index contributed by atoms with van der Waals surface area (Å²) >= 11 is 1.58. The van der Waals surface area contributed by atoms with Crippen molar-refractivity contribution in [2.75, 3.05) is 12.3 Å². The lowest BCUT2D eigenvalue weighted by Gasteiger charge is -2.07. The van der Waals surface area contributed by atoms with Gasteiger partial charge in [-0.1, -0.05) is 26.0 Å². The number of nitrogens with one attached hydrogen (secondary N) is 1. The van der Waals surface area contributed by atoms with Crippen molar-refractivity contribution in [3.8, 4) is 6.07 Å². The number of carbonyl (C=O) groups is 1. The van der Waals surface area contributed by atoms with E-state index in [4.69, 9.17) is 5.26 Å². The van der Waals surface area contributed by atoms with Crippen LogP contribution >= 0.6 is 11.8 Å². The number of rotatable bonds is 6. The normalized spacial score (nSPS) is 10.1. The lowest BCUT2D eigenvalue weighted by molar-refractivity contribution is -0.118. The first kappa shape index (κ1) is 14.6. The summed E-state index contributed by atoms with van der Waals surface area (Å²) < 4.78 is 0. The first-order valence-corrected chi connectivity index (χ1v) is 7.10. The second-order valence-corrected chi connectivity index (χ2v) is 5.49. The Balaban J connectivity index is 2.24. The first-order valence-electron chi connectivity index (χ1n) is 5.95. The minimum absolute atomic E-state index is 0.0855. The Labute approximate surface area is 113 Å². The Morgan fingerprint density at radius 3 is 2.61 bits per heavy atom. The van der Waals surface area contributed by atoms with E-state index in [0.717, 1.165) is 17.9 Å². The third-order valence-electron chi connectivity index (χ3n) is 2.29. The van der Waals surface area contributed by atoms with Gasteiger partial charge >= 0.3 is 0 Å². The molecule has 0 bridgehead atoms. The zero-order valence-electron chi connectivity index (χ0n) is 10.8. The minimum Gasteiger partial charge on any atom is -0.355 e. The summed E-state index contributed by atoms with van der Waals surface area (Å²) in [6, 6.07) is 9.54. The fraction of sp³-hybridized carbons (Fsp3) is 0.429. The molecule has 96 valence electrons. The molecule has 4 heteroatoms. The molecule has 0 unspecified atom stereocenters. The molecule has 1 aromatic rings. The molecule has 1 aromatic carbocycles. The minimum atomic E-state index is 0.0855. The van der Waals surface area contributed by atoms with Crippen molar-refractivity contribution in [1.82, 2.24) is 5.32 Å². The summed E-state index contributed by atoms with van der Waals surface area (Å²) in [5.74, 6) is 1.84. The number of nitriles is 1. The maximum absolute atomic E-state index is 11.5. The number of hydrogen-bond donors (Lipinski definition) is 1. The molecule has 0 aliphatic rings. The van der Waals surface area contributed by atoms with Crippen LogP contribution < -0.4 is 5.32 Å². The summed E-state index contributed by atoms with van der Waals surface area (Å²) in [6.45, 7) is 4.88. The number of benzene rings is 1. The summed E-state index contributed by atoms with van der Waals surface area (Å²) in [5, 5.41) is 11.6. The van der Waals surface area contributed by atoms with Crippen molar-refractivity contribution in [2.45, 2.75) is 19.6 Å². The van der Waals surface area contributed by atoms with E-state index in [0.29, 0.717) is 17.2 Å². The highest BCUT2D eigenvalue weighted by molar-refractivity contribution is 7.99. The van der Waals surface area contributed by atoms with Crippen molar-refractivity contribution in [3.63, 3.8) is 0 Å². The number of nitrogens with zero attached hydrogens (tertiary/aromatic N) is 1. The van der Waals surface area contributed by atoms with Crippen LogP contribution in [-0.4, -0.2) is 18.2 Å². The second-order valence-electron chi connectivity index (χ2n) is 4.50. The van der Waals surface area contributed by atoms with Gasteiger partial charge in [0.05, 0.1) is 17.4 Å². The maximum atomic E-state index is 11.5. The molecule has 0 aliphatic carbocycles. The molecule has 1 rings (SSSR count). The standard InChI is InChI=1S/C14H18N2OS/c1-11(2)8-16-14(17)10-18-9-13-5-3-12(7-15)4-6-13/h3-6,11H,8-10H2,1-2H3,(H,16,17). The summed E-state index contributed by atoms with van der Waals surface area (Å²) in [4.78, 5) is 11.5. The van der Waals surface area contributed by atoms with Gasteiger partial charge in [-0.15, -0.1) is 11.8 Å². The van der Waals surface area contributed by atoms with E-state index in [-0.39, 0.29) is 5.91 Å². The van der Waals surface area contributed by atoms with Crippen molar-refractivity contribution in [3.05, 3.63) is 35.4 Å². The smallest absolute Gasteiger partial charge is 0.230 e. The Morgan fingerprint density at radius 2 is 2.06 bits per heavy atom. The van der Waals surface area contributed by atoms with Crippen LogP contribution in [0.15, 0.2) is 24.3 Å². The molecule has 0 saturated heterocycles. The predicted molar refractivity (Wildman–Crippen MR) is 75.2 cm³/mol. The van der Waals surface area contributed by atoms with Gasteiger partial charge in [0.25, 0.3) is 0 Å². The molecule has 0 heterocycles. The SMILES string of the molecule is CC(C)CNC(=O)CSCc1ccc(C#N)cc1. The van der Waals surface area contributed by atoms with Gasteiger partial charge in [0.2, 0.25) is 5.91 Å². The van der Waals surface area contributed by atoms with Gasteiger partial charge < -0.3 is 5.32 Å². The van der Waals surface area contributed by atoms with Gasteiger partial charge in [-0.3, -0.25) is 4.79 Å². The quantitative estimate of drug-likeness (QED) is 0.857. The molecular weight excluding hydrogens is 244 g/mol. The summed E-state index contributed by atoms with van der Waals surface area (Å²) in [7, 11) is 0. The number of thioether (sulfide) groups is 1. The molecule has 1 amide bonds. The predicted octanol–water partition coefficient (Wildman–Crippen LogP) is 2.56. The molecule has 0 spiro atoms. The van der Waals surface area contributed by atoms with Gasteiger partial charge in [0, 0.05) is 12.3 Å². The zero-order valence-corrected chi connectivity index (χ0v) is 11.6. The van der Waals surface area contributed by atoms with E-state index in [2.05, 4.69) is 25.2 Å². The monoisotopic (exact) mass is 262 g/mol. The van der Waals surface area contributed by atoms with Crippen LogP contribution in [-0.2, 0) is 10.5 Å². The maximum Gasteiger partial charge on any atom is 0.230 e. The van der Waals surface area contributed by atoms with Crippen molar-refractivity contribution in [2.24, 2.45) is 5.92 Å². The number of carbonyl (C=O) groups excluding carboxylic acids is 1. The largest absolute Gasteiger partial charge is 0.355 e. The van der Waals surface area contributed by atoms with Crippen LogP contribution in [0, 0.1) is 17.2 Å². The van der Waals surface area contributed by atoms with Crippen LogP contribution in [0.5, 0.6) is 0 Å². The molecule has 1 N–H and O–H groups in total. The molecule has 0 aromatic heterocycles. The molecule has 0 aliphatic heterocycles. The Hall–Kier alpha value is -1.47. The van der Waals surface area contributed by atoms with Crippen molar-refractivity contribution >= 4 is 17.7 Å². The fourth-order valence-electron chi connectivity index (χ4n) is 1.31. The highest BCUT2D eigenvalue weighted by Gasteiger charge is 2.02. The topological polar surface area (TPSA) is 52.9 Å². The average Bonchev–Trinajstić information content (AvgIpc) is 2.37. The lowest BCUT2D eigenvalue weighted by atomic mass is 10.2. The van der Waals surface area contributed by atoms with E-state index < -0.39 is 0 Å². The summed E-state index contributed by atoms with van der Waals surface area (Å²) in [6.07, 6.45) is 0. The van der Waals surface area contributed by atoms with Gasteiger partial charge in [0.15, 0.2) is 0 Å². The Bertz CT molecular complexity index is 420. The van der Waals surface area contributed by atoms with Crippen molar-refractivity contribution in [1.29, 1.82) is 5.26 Å². The molecule has 18 heavy (non-hydrogen) atoms. The second kappa shape index (κ2) is 7.78. The van der Waals surface area contributed by atoms with Crippen LogP contribution in [0.4, 0.5) is 0 Å². The molecule has 0 saturated carbocycles. The molecule has 0 fully saturated rings. The van der Waals surface area contributed by atoms with E-state index in [1.807, 2.05) is 12.1 Å². The third-order valence-corrected chi connectivity index (χ3v) is 3.30. The highest BCUT2D eigenvalue weighted by Crippen LogP contribution is 2.12. The van der Waals surface area contributed by atoms with Gasteiger partial charge in [-0.2, -0.15) is 5.26 Å². The van der Waals surface area contributed by atoms with Crippen LogP contribution in [0.2, 0.25) is 0 Å². The highest BCUT2D eigenvalue weighted by atomic mass is 32.2. The van der Waals surface area contributed by atoms with Gasteiger partial charge in [0.1, 0.15) is 0 Å². The lowest BCUT2D eigenvalue weighted by Crippen LogP contribution is -2.28. The number of amides is 1. The van der Waals surface area contributed by atoms with E-state index >= 15 is 0 Å². The van der Waals surface area contributed by atoms with E-state index in [1.54, 1.807) is 23.9 Å². The Kier molecular flexibility index (Phi) is 6.31. The van der Waals surface area contributed by atoms with Gasteiger partial charge in [-0.05, 0) is 23.6 Å². The first-order chi connectivity index (χ1) is 8.61. The van der Waals surface area contributed by atoms with E-state index in [1.165, 1.54) is 0 Å². The van der Waals surface area contributed by atoms with E-state index in [9.17, 15) is 4.79 Å². The number of hydrogen-bond acceptors (Lipinski definition) is 3. The molecule has 3 nitrogen and oxygen atoms in total. The van der Waals surface area contributed by atoms with Crippen molar-refractivity contribution < 1.29 is 4.79 Å². The van der Waals surface area contributed by atoms with Crippen LogP contribution in [0.1, 0.15) is 25.0 Å². The third kappa shape index (κ3) is 5.74.